The predicted molar refractivity (Wildman–Crippen MR) is 75.6 cm³/mol. The van der Waals surface area contributed by atoms with Crippen LogP contribution in [0.4, 0.5) is 0 Å². The van der Waals surface area contributed by atoms with E-state index in [9.17, 15) is 4.79 Å². The third-order valence-electron chi connectivity index (χ3n) is 2.54. The molecule has 0 saturated heterocycles. The van der Waals surface area contributed by atoms with Crippen LogP contribution in [0.15, 0.2) is 57.1 Å². The van der Waals surface area contributed by atoms with Crippen LogP contribution in [0.25, 0.3) is 10.9 Å². The van der Waals surface area contributed by atoms with E-state index < -0.39 is 0 Å². The summed E-state index contributed by atoms with van der Waals surface area (Å²) in [6.45, 7) is 0. The number of hydrogen-bond acceptors (Lipinski definition) is 4. The first-order chi connectivity index (χ1) is 8.86. The van der Waals surface area contributed by atoms with E-state index in [2.05, 4.69) is 4.98 Å². The predicted octanol–water partition coefficient (Wildman–Crippen LogP) is 4.26. The van der Waals surface area contributed by atoms with E-state index in [1.54, 1.807) is 11.3 Å². The number of aromatic nitrogens is 1. The summed E-state index contributed by atoms with van der Waals surface area (Å²) < 4.78 is 1.14. The van der Waals surface area contributed by atoms with Gasteiger partial charge in [-0.25, -0.2) is 4.98 Å². The quantitative estimate of drug-likeness (QED) is 0.667. The zero-order valence-electron chi connectivity index (χ0n) is 9.37. The summed E-state index contributed by atoms with van der Waals surface area (Å²) in [4.78, 5) is 15.7. The summed E-state index contributed by atoms with van der Waals surface area (Å²) in [6, 6.07) is 13.7. The Morgan fingerprint density at radius 2 is 2.06 bits per heavy atom. The van der Waals surface area contributed by atoms with Crippen LogP contribution in [-0.2, 0) is 0 Å². The van der Waals surface area contributed by atoms with Crippen LogP contribution >= 0.6 is 23.1 Å². The Labute approximate surface area is 113 Å². The lowest BCUT2D eigenvalue weighted by Gasteiger charge is -2.04. The number of rotatable bonds is 3. The third kappa shape index (κ3) is 2.17. The average Bonchev–Trinajstić information content (AvgIpc) is 2.91. The number of hydrogen-bond donors (Lipinski definition) is 0. The molecule has 0 N–H and O–H groups in total. The molecule has 0 saturated carbocycles. The maximum atomic E-state index is 11.1. The Hall–Kier alpha value is -1.65. The molecule has 0 amide bonds. The van der Waals surface area contributed by atoms with Gasteiger partial charge in [0, 0.05) is 10.9 Å². The second kappa shape index (κ2) is 4.92. The van der Waals surface area contributed by atoms with E-state index in [1.807, 2.05) is 47.8 Å². The molecule has 3 rings (SSSR count). The van der Waals surface area contributed by atoms with Crippen molar-refractivity contribution in [1.82, 2.24) is 4.98 Å². The van der Waals surface area contributed by atoms with Gasteiger partial charge in [-0.15, -0.1) is 11.3 Å². The standard InChI is InChI=1S/C14H9NOS2/c16-9-11-8-10-4-1-2-5-12(10)15-14(11)18-13-6-3-7-17-13/h1-9H. The molecule has 0 aliphatic carbocycles. The lowest BCUT2D eigenvalue weighted by atomic mass is 10.2. The molecule has 3 aromatic rings. The summed E-state index contributed by atoms with van der Waals surface area (Å²) in [6.07, 6.45) is 0.870. The van der Waals surface area contributed by atoms with Gasteiger partial charge in [0.2, 0.25) is 0 Å². The van der Waals surface area contributed by atoms with Gasteiger partial charge in [-0.3, -0.25) is 4.79 Å². The Balaban J connectivity index is 2.11. The number of fused-ring (bicyclic) bond motifs is 1. The number of para-hydroxylation sites is 1. The van der Waals surface area contributed by atoms with Gasteiger partial charge in [0.25, 0.3) is 0 Å². The second-order valence-electron chi connectivity index (χ2n) is 3.73. The Bertz CT molecular complexity index is 692. The van der Waals surface area contributed by atoms with E-state index in [1.165, 1.54) is 11.8 Å². The SMILES string of the molecule is O=Cc1cc2ccccc2nc1Sc1cccs1. The van der Waals surface area contributed by atoms with Crippen LogP contribution in [0.1, 0.15) is 10.4 Å². The number of aldehydes is 1. The maximum absolute atomic E-state index is 11.1. The largest absolute Gasteiger partial charge is 0.298 e. The Morgan fingerprint density at radius 1 is 1.17 bits per heavy atom. The number of benzene rings is 1. The van der Waals surface area contributed by atoms with Gasteiger partial charge < -0.3 is 0 Å². The molecule has 18 heavy (non-hydrogen) atoms. The molecule has 0 aliphatic heterocycles. The molecule has 88 valence electrons. The van der Waals surface area contributed by atoms with Gasteiger partial charge in [-0.05, 0) is 23.6 Å². The smallest absolute Gasteiger partial charge is 0.152 e. The molecular weight excluding hydrogens is 262 g/mol. The van der Waals surface area contributed by atoms with Gasteiger partial charge in [0.05, 0.1) is 9.73 Å². The van der Waals surface area contributed by atoms with Gasteiger partial charge in [-0.2, -0.15) is 0 Å². The molecule has 0 fully saturated rings. The maximum Gasteiger partial charge on any atom is 0.152 e. The van der Waals surface area contributed by atoms with E-state index >= 15 is 0 Å². The molecule has 2 aromatic heterocycles. The summed E-state index contributed by atoms with van der Waals surface area (Å²) in [5.74, 6) is 0. The number of carbonyl (C=O) groups is 1. The van der Waals surface area contributed by atoms with Crippen molar-refractivity contribution in [3.8, 4) is 0 Å². The van der Waals surface area contributed by atoms with Crippen LogP contribution in [0.2, 0.25) is 0 Å². The van der Waals surface area contributed by atoms with Crippen LogP contribution in [0, 0.1) is 0 Å². The first-order valence-electron chi connectivity index (χ1n) is 5.43. The molecule has 0 unspecified atom stereocenters. The van der Waals surface area contributed by atoms with Crippen molar-refractivity contribution in [1.29, 1.82) is 0 Å². The second-order valence-corrected chi connectivity index (χ2v) is 5.96. The Kier molecular flexibility index (Phi) is 3.13. The molecule has 0 bridgehead atoms. The van der Waals surface area contributed by atoms with Crippen molar-refractivity contribution in [3.05, 3.63) is 53.4 Å². The lowest BCUT2D eigenvalue weighted by molar-refractivity contribution is 0.112. The fourth-order valence-electron chi connectivity index (χ4n) is 1.70. The van der Waals surface area contributed by atoms with Crippen molar-refractivity contribution < 1.29 is 4.79 Å². The third-order valence-corrected chi connectivity index (χ3v) is 4.59. The van der Waals surface area contributed by atoms with Gasteiger partial charge in [0.15, 0.2) is 6.29 Å². The number of nitrogens with zero attached hydrogens (tertiary/aromatic N) is 1. The van der Waals surface area contributed by atoms with Gasteiger partial charge in [-0.1, -0.05) is 36.0 Å². The normalized spacial score (nSPS) is 10.7. The van der Waals surface area contributed by atoms with Gasteiger partial charge in [0.1, 0.15) is 5.03 Å². The van der Waals surface area contributed by atoms with Crippen LogP contribution in [-0.4, -0.2) is 11.3 Å². The summed E-state index contributed by atoms with van der Waals surface area (Å²) >= 11 is 3.19. The highest BCUT2D eigenvalue weighted by atomic mass is 32.2. The molecular formula is C14H9NOS2. The topological polar surface area (TPSA) is 30.0 Å². The van der Waals surface area contributed by atoms with Crippen molar-refractivity contribution >= 4 is 40.3 Å². The van der Waals surface area contributed by atoms with E-state index in [4.69, 9.17) is 0 Å². The first kappa shape index (κ1) is 11.4. The minimum absolute atomic E-state index is 0.645. The van der Waals surface area contributed by atoms with Crippen molar-refractivity contribution in [2.75, 3.05) is 0 Å². The van der Waals surface area contributed by atoms with E-state index in [-0.39, 0.29) is 0 Å². The fourth-order valence-corrected chi connectivity index (χ4v) is 3.45. The summed E-state index contributed by atoms with van der Waals surface area (Å²) in [5, 5.41) is 3.78. The average molecular weight is 271 g/mol. The fraction of sp³-hybridized carbons (Fsp3) is 0. The van der Waals surface area contributed by atoms with Crippen LogP contribution in [0.5, 0.6) is 0 Å². The molecule has 0 radical (unpaired) electrons. The number of carbonyl (C=O) groups excluding carboxylic acids is 1. The van der Waals surface area contributed by atoms with Crippen LogP contribution < -0.4 is 0 Å². The number of pyridine rings is 1. The molecule has 0 spiro atoms. The number of thiophene rings is 1. The minimum atomic E-state index is 0.645. The molecule has 4 heteroatoms. The zero-order valence-corrected chi connectivity index (χ0v) is 11.0. The lowest BCUT2D eigenvalue weighted by Crippen LogP contribution is -1.90. The molecule has 0 atom stereocenters. The van der Waals surface area contributed by atoms with Gasteiger partial charge >= 0.3 is 0 Å². The van der Waals surface area contributed by atoms with Crippen LogP contribution in [0.3, 0.4) is 0 Å². The summed E-state index contributed by atoms with van der Waals surface area (Å²) in [5.41, 5.74) is 1.56. The highest BCUT2D eigenvalue weighted by Gasteiger charge is 2.08. The highest BCUT2D eigenvalue weighted by Crippen LogP contribution is 2.33. The zero-order chi connectivity index (χ0) is 12.4. The van der Waals surface area contributed by atoms with E-state index in [0.29, 0.717) is 5.56 Å². The molecule has 2 nitrogen and oxygen atoms in total. The highest BCUT2D eigenvalue weighted by molar-refractivity contribution is 8.01. The monoisotopic (exact) mass is 271 g/mol. The molecule has 1 aromatic carbocycles. The van der Waals surface area contributed by atoms with E-state index in [0.717, 1.165) is 26.4 Å². The molecule has 0 aliphatic rings. The van der Waals surface area contributed by atoms with Crippen molar-refractivity contribution in [2.45, 2.75) is 9.24 Å². The van der Waals surface area contributed by atoms with Crippen molar-refractivity contribution in [2.24, 2.45) is 0 Å². The van der Waals surface area contributed by atoms with Crippen molar-refractivity contribution in [3.63, 3.8) is 0 Å². The minimum Gasteiger partial charge on any atom is -0.298 e. The summed E-state index contributed by atoms with van der Waals surface area (Å²) in [7, 11) is 0. The first-order valence-corrected chi connectivity index (χ1v) is 7.13. The molecule has 2 heterocycles. The Morgan fingerprint density at radius 3 is 2.83 bits per heavy atom.